The zero-order valence-corrected chi connectivity index (χ0v) is 28.8. The zero-order chi connectivity index (χ0) is 33.8. The van der Waals surface area contributed by atoms with Crippen LogP contribution in [-0.2, 0) is 28.7 Å². The topological polar surface area (TPSA) is 125 Å². The summed E-state index contributed by atoms with van der Waals surface area (Å²) in [6.07, 6.45) is 7.92. The Morgan fingerprint density at radius 2 is 1.71 bits per heavy atom. The molecule has 2 N–H and O–H groups in total. The summed E-state index contributed by atoms with van der Waals surface area (Å²) < 4.78 is 12.9. The maximum absolute atomic E-state index is 14.9. The summed E-state index contributed by atoms with van der Waals surface area (Å²) in [6, 6.07) is 14.5. The molecule has 5 bridgehead atoms. The predicted molar refractivity (Wildman–Crippen MR) is 183 cm³/mol. The number of hydrogen-bond acceptors (Lipinski definition) is 7. The number of nitrogens with one attached hydrogen (secondary N) is 1. The van der Waals surface area contributed by atoms with Crippen molar-refractivity contribution in [1.29, 1.82) is 0 Å². The first kappa shape index (κ1) is 34.4. The van der Waals surface area contributed by atoms with Crippen molar-refractivity contribution in [1.82, 2.24) is 10.2 Å². The highest BCUT2D eigenvalue weighted by molar-refractivity contribution is 9.11. The van der Waals surface area contributed by atoms with Crippen molar-refractivity contribution < 1.29 is 33.8 Å². The number of fused-ring (bicyclic) bond motifs is 2. The van der Waals surface area contributed by atoms with E-state index in [2.05, 4.69) is 21.2 Å². The number of carbonyl (C=O) groups is 4. The summed E-state index contributed by atoms with van der Waals surface area (Å²) in [5.41, 5.74) is -0.191. The highest BCUT2D eigenvalue weighted by Gasteiger charge is 2.74. The summed E-state index contributed by atoms with van der Waals surface area (Å²) in [5, 5.41) is 12.7. The van der Waals surface area contributed by atoms with Gasteiger partial charge in [0.25, 0.3) is 5.91 Å². The number of hydrogen-bond donors (Lipinski definition) is 2. The molecule has 0 saturated carbocycles. The second kappa shape index (κ2) is 14.9. The number of unbranched alkanes of at least 4 members (excludes halogenated alkanes) is 3. The predicted octanol–water partition coefficient (Wildman–Crippen LogP) is 4.85. The van der Waals surface area contributed by atoms with Gasteiger partial charge in [-0.05, 0) is 43.0 Å². The maximum atomic E-state index is 14.9. The van der Waals surface area contributed by atoms with E-state index in [1.165, 1.54) is 0 Å². The molecule has 4 aliphatic heterocycles. The minimum Gasteiger partial charge on any atom is -0.463 e. The second-order valence-corrected chi connectivity index (χ2v) is 13.9. The molecule has 48 heavy (non-hydrogen) atoms. The normalized spacial score (nSPS) is 29.8. The van der Waals surface area contributed by atoms with Crippen LogP contribution >= 0.6 is 27.5 Å². The molecular formula is C36H39BrClN3O7. The van der Waals surface area contributed by atoms with E-state index in [0.717, 1.165) is 18.4 Å². The number of benzene rings is 2. The van der Waals surface area contributed by atoms with Gasteiger partial charge in [0.05, 0.1) is 28.6 Å². The van der Waals surface area contributed by atoms with Gasteiger partial charge in [0.2, 0.25) is 11.8 Å². The van der Waals surface area contributed by atoms with Gasteiger partial charge in [-0.25, -0.2) is 0 Å². The molecule has 2 saturated heterocycles. The average molecular weight is 741 g/mol. The monoisotopic (exact) mass is 739 g/mol. The van der Waals surface area contributed by atoms with E-state index in [1.54, 1.807) is 46.2 Å². The van der Waals surface area contributed by atoms with Crippen LogP contribution in [0.2, 0.25) is 5.02 Å². The number of amides is 3. The molecule has 6 rings (SSSR count). The first-order chi connectivity index (χ1) is 23.3. The van der Waals surface area contributed by atoms with E-state index in [1.807, 2.05) is 36.4 Å². The molecular weight excluding hydrogens is 702 g/mol. The molecule has 2 aromatic carbocycles. The molecule has 3 amide bonds. The fraction of sp³-hybridized carbons (Fsp3) is 0.444. The van der Waals surface area contributed by atoms with Crippen LogP contribution < -0.4 is 10.2 Å². The molecule has 1 spiro atoms. The molecule has 0 aromatic heterocycles. The van der Waals surface area contributed by atoms with Crippen molar-refractivity contribution in [3.05, 3.63) is 87.9 Å². The number of likely N-dealkylation sites (tertiary alicyclic amines) is 1. The number of cyclic esters (lactones) is 1. The van der Waals surface area contributed by atoms with E-state index in [9.17, 15) is 24.3 Å². The van der Waals surface area contributed by atoms with E-state index in [-0.39, 0.29) is 44.5 Å². The number of para-hydroxylation sites is 1. The van der Waals surface area contributed by atoms with Gasteiger partial charge in [0.15, 0.2) is 0 Å². The van der Waals surface area contributed by atoms with E-state index >= 15 is 0 Å². The lowest BCUT2D eigenvalue weighted by Crippen LogP contribution is -2.56. The molecule has 4 heterocycles. The summed E-state index contributed by atoms with van der Waals surface area (Å²) in [6.45, 7) is 0.408. The highest BCUT2D eigenvalue weighted by Crippen LogP contribution is 2.59. The number of aliphatic hydroxyl groups excluding tert-OH is 1. The third-order valence-electron chi connectivity index (χ3n) is 9.58. The molecule has 0 aliphatic carbocycles. The fourth-order valence-corrected chi connectivity index (χ4v) is 8.30. The van der Waals surface area contributed by atoms with Gasteiger partial charge < -0.3 is 29.7 Å². The largest absolute Gasteiger partial charge is 0.463 e. The third kappa shape index (κ3) is 6.57. The number of nitrogens with zero attached hydrogens (tertiary/aromatic N) is 2. The Morgan fingerprint density at radius 3 is 2.48 bits per heavy atom. The number of halogens is 2. The Labute approximate surface area is 293 Å². The number of allylic oxidation sites excluding steroid dienone is 1. The molecule has 0 unspecified atom stereocenters. The van der Waals surface area contributed by atoms with Crippen molar-refractivity contribution in [3.8, 4) is 0 Å². The van der Waals surface area contributed by atoms with Crippen molar-refractivity contribution in [2.24, 2.45) is 11.8 Å². The van der Waals surface area contributed by atoms with Crippen LogP contribution in [0.3, 0.4) is 0 Å². The average Bonchev–Trinajstić information content (AvgIpc) is 3.68. The molecule has 12 heteroatoms. The Kier molecular flexibility index (Phi) is 10.7. The van der Waals surface area contributed by atoms with Crippen LogP contribution in [0.1, 0.15) is 50.1 Å². The van der Waals surface area contributed by atoms with E-state index < -0.39 is 47.5 Å². The van der Waals surface area contributed by atoms with Crippen LogP contribution in [0.5, 0.6) is 0 Å². The maximum Gasteiger partial charge on any atom is 0.306 e. The molecule has 4 aliphatic rings. The fourth-order valence-electron chi connectivity index (χ4n) is 7.33. The lowest BCUT2D eigenvalue weighted by Gasteiger charge is -2.36. The number of aliphatic hydroxyl groups is 1. The van der Waals surface area contributed by atoms with Crippen LogP contribution in [0, 0.1) is 11.8 Å². The Hall–Kier alpha value is -3.51. The minimum absolute atomic E-state index is 0.0847. The van der Waals surface area contributed by atoms with Crippen molar-refractivity contribution in [2.75, 3.05) is 31.2 Å². The summed E-state index contributed by atoms with van der Waals surface area (Å²) >= 11 is 10.3. The van der Waals surface area contributed by atoms with Crippen LogP contribution in [0.15, 0.2) is 77.3 Å². The standard InChI is InChI=1S/C36H39BrClN3O7/c37-24-21-36-30-29(31(24)48-36)33(44)39-26(23-13-5-3-6-14-23)22-47-28(43)17-7-4-11-18-40(27-16-9-8-15-25(27)38)35(46)32(36)41(34(30)45)19-10-1-2-12-20-42/h3-6,8-9,11,13-16,21,26,29-32,42H,1-2,7,10,12,17-20,22H2,(H,39,44)/b11-4-/t26-,29-,30+,31-,32-,36+/m0/s1. The molecule has 2 fully saturated rings. The lowest BCUT2D eigenvalue weighted by molar-refractivity contribution is -0.145. The van der Waals surface area contributed by atoms with Crippen molar-refractivity contribution in [2.45, 2.75) is 62.3 Å². The SMILES string of the molecule is O=C1CC/C=C\CN(c2ccccc2Cl)C(=O)[C@@H]2N(CCCCCCO)C(=O)[C@H]3[C@H](C(=O)N[C@H](c4ccccc4)CO1)[C@H]1O[C@@]23C=C1Br. The summed E-state index contributed by atoms with van der Waals surface area (Å²) in [5.74, 6) is -3.47. The van der Waals surface area contributed by atoms with Crippen LogP contribution in [-0.4, -0.2) is 77.7 Å². The lowest BCUT2D eigenvalue weighted by atomic mass is 9.74. The van der Waals surface area contributed by atoms with Gasteiger partial charge >= 0.3 is 5.97 Å². The summed E-state index contributed by atoms with van der Waals surface area (Å²) in [7, 11) is 0. The smallest absolute Gasteiger partial charge is 0.306 e. The van der Waals surface area contributed by atoms with Gasteiger partial charge in [-0.15, -0.1) is 0 Å². The Morgan fingerprint density at radius 1 is 0.958 bits per heavy atom. The Bertz CT molecular complexity index is 1600. The van der Waals surface area contributed by atoms with Crippen molar-refractivity contribution >= 4 is 56.9 Å². The van der Waals surface area contributed by atoms with Crippen LogP contribution in [0.25, 0.3) is 0 Å². The van der Waals surface area contributed by atoms with E-state index in [0.29, 0.717) is 34.5 Å². The molecule has 6 atom stereocenters. The molecule has 254 valence electrons. The number of rotatable bonds is 8. The van der Waals surface area contributed by atoms with Gasteiger partial charge in [-0.3, -0.25) is 19.2 Å². The number of esters is 1. The minimum atomic E-state index is -1.41. The second-order valence-electron chi connectivity index (χ2n) is 12.6. The number of ether oxygens (including phenoxy) is 2. The summed E-state index contributed by atoms with van der Waals surface area (Å²) in [4.78, 5) is 59.7. The number of anilines is 1. The van der Waals surface area contributed by atoms with Gasteiger partial charge in [-0.1, -0.05) is 95.0 Å². The number of carbonyl (C=O) groups excluding carboxylic acids is 4. The quantitative estimate of drug-likeness (QED) is 0.225. The first-order valence-electron chi connectivity index (χ1n) is 16.5. The molecule has 0 radical (unpaired) electrons. The first-order valence-corrected chi connectivity index (χ1v) is 17.6. The molecule has 10 nitrogen and oxygen atoms in total. The van der Waals surface area contributed by atoms with Crippen LogP contribution in [0.4, 0.5) is 5.69 Å². The zero-order valence-electron chi connectivity index (χ0n) is 26.4. The Balaban J connectivity index is 1.43. The highest BCUT2D eigenvalue weighted by atomic mass is 79.9. The molecule has 2 aromatic rings. The third-order valence-corrected chi connectivity index (χ3v) is 10.6. The van der Waals surface area contributed by atoms with Gasteiger partial charge in [0.1, 0.15) is 24.4 Å². The van der Waals surface area contributed by atoms with Crippen molar-refractivity contribution in [3.63, 3.8) is 0 Å². The van der Waals surface area contributed by atoms with Gasteiger partial charge in [-0.2, -0.15) is 0 Å². The van der Waals surface area contributed by atoms with E-state index in [4.69, 9.17) is 21.1 Å². The van der Waals surface area contributed by atoms with Gasteiger partial charge in [0, 0.05) is 30.6 Å².